The van der Waals surface area contributed by atoms with Gasteiger partial charge in [-0.2, -0.15) is 0 Å². The van der Waals surface area contributed by atoms with E-state index >= 15 is 0 Å². The molecule has 2 bridgehead atoms. The molecule has 1 saturated carbocycles. The zero-order valence-corrected chi connectivity index (χ0v) is 14.4. The Morgan fingerprint density at radius 3 is 2.29 bits per heavy atom. The molecule has 4 nitrogen and oxygen atoms in total. The van der Waals surface area contributed by atoms with Gasteiger partial charge in [0.25, 0.3) is 0 Å². The maximum atomic E-state index is 4.97. The van der Waals surface area contributed by atoms with Crippen LogP contribution in [0, 0.1) is 0 Å². The van der Waals surface area contributed by atoms with Crippen molar-refractivity contribution in [2.45, 2.75) is 62.4 Å². The van der Waals surface area contributed by atoms with E-state index in [1.54, 1.807) is 0 Å². The minimum absolute atomic E-state index is 0.538. The average molecular weight is 351 g/mol. The average Bonchev–Trinajstić information content (AvgIpc) is 3.29. The highest BCUT2D eigenvalue weighted by Crippen LogP contribution is 2.46. The first-order chi connectivity index (χ1) is 10.2. The number of hydrogen-bond acceptors (Lipinski definition) is 4. The van der Waals surface area contributed by atoms with Crippen molar-refractivity contribution in [3.63, 3.8) is 0 Å². The van der Waals surface area contributed by atoms with Crippen LogP contribution in [0.2, 0.25) is 0 Å². The molecule has 0 radical (unpaired) electrons. The van der Waals surface area contributed by atoms with Crippen LogP contribution in [-0.2, 0) is 0 Å². The summed E-state index contributed by atoms with van der Waals surface area (Å²) in [4.78, 5) is 12.4. The van der Waals surface area contributed by atoms with Crippen molar-refractivity contribution < 1.29 is 0 Å². The van der Waals surface area contributed by atoms with E-state index in [0.717, 1.165) is 28.2 Å². The van der Waals surface area contributed by atoms with Crippen LogP contribution in [0.15, 0.2) is 4.47 Å². The van der Waals surface area contributed by atoms with Gasteiger partial charge in [-0.25, -0.2) is 9.97 Å². The lowest BCUT2D eigenvalue weighted by molar-refractivity contribution is 0.159. The Hall–Kier alpha value is -0.680. The highest BCUT2D eigenvalue weighted by Gasteiger charge is 2.40. The number of rotatable bonds is 3. The van der Waals surface area contributed by atoms with Gasteiger partial charge in [-0.05, 0) is 61.5 Å². The highest BCUT2D eigenvalue weighted by atomic mass is 79.9. The number of aromatic nitrogens is 2. The lowest BCUT2D eigenvalue weighted by atomic mass is 9.90. The normalized spacial score (nSPS) is 32.4. The number of nitrogens with one attached hydrogen (secondary N) is 1. The van der Waals surface area contributed by atoms with E-state index in [2.05, 4.69) is 33.2 Å². The largest absolute Gasteiger partial charge is 0.372 e. The van der Waals surface area contributed by atoms with Gasteiger partial charge in [-0.15, -0.1) is 0 Å². The van der Waals surface area contributed by atoms with E-state index in [4.69, 9.17) is 9.97 Å². The highest BCUT2D eigenvalue weighted by molar-refractivity contribution is 9.10. The third-order valence-electron chi connectivity index (χ3n) is 5.56. The van der Waals surface area contributed by atoms with E-state index in [9.17, 15) is 0 Å². The summed E-state index contributed by atoms with van der Waals surface area (Å²) in [6.45, 7) is 0. The van der Waals surface area contributed by atoms with E-state index in [1.807, 2.05) is 7.05 Å². The fraction of sp³-hybridized carbons (Fsp3) is 0.750. The van der Waals surface area contributed by atoms with E-state index < -0.39 is 0 Å². The summed E-state index contributed by atoms with van der Waals surface area (Å²) in [6, 6.07) is 1.48. The third-order valence-corrected chi connectivity index (χ3v) is 6.34. The molecule has 1 aliphatic carbocycles. The molecule has 2 unspecified atom stereocenters. The molecule has 4 rings (SSSR count). The topological polar surface area (TPSA) is 41.1 Å². The second-order valence-electron chi connectivity index (χ2n) is 6.87. The second-order valence-corrected chi connectivity index (χ2v) is 7.67. The molecule has 2 saturated heterocycles. The standard InChI is InChI=1S/C16H23BrN4/c1-18-16-13(17)14(9-3-4-9)19-15(20-16)10-7-11-5-6-12(8-10)21(11)2/h9-12H,3-8H2,1-2H3,(H,18,19,20). The molecule has 21 heavy (non-hydrogen) atoms. The Kier molecular flexibility index (Phi) is 3.45. The van der Waals surface area contributed by atoms with E-state index in [-0.39, 0.29) is 0 Å². The minimum atomic E-state index is 0.538. The fourth-order valence-electron chi connectivity index (χ4n) is 4.08. The van der Waals surface area contributed by atoms with Crippen LogP contribution in [0.5, 0.6) is 0 Å². The predicted molar refractivity (Wildman–Crippen MR) is 87.8 cm³/mol. The molecule has 2 atom stereocenters. The van der Waals surface area contributed by atoms with Gasteiger partial charge >= 0.3 is 0 Å². The monoisotopic (exact) mass is 350 g/mol. The molecular formula is C16H23BrN4. The van der Waals surface area contributed by atoms with Gasteiger partial charge in [0, 0.05) is 31.0 Å². The first kappa shape index (κ1) is 13.9. The van der Waals surface area contributed by atoms with Crippen LogP contribution in [0.1, 0.15) is 61.9 Å². The maximum absolute atomic E-state index is 4.97. The summed E-state index contributed by atoms with van der Waals surface area (Å²) >= 11 is 3.69. The van der Waals surface area contributed by atoms with Crippen molar-refractivity contribution >= 4 is 21.7 Å². The zero-order valence-electron chi connectivity index (χ0n) is 12.8. The molecule has 1 aromatic rings. The van der Waals surface area contributed by atoms with Gasteiger partial charge in [0.05, 0.1) is 10.2 Å². The molecule has 2 aliphatic heterocycles. The van der Waals surface area contributed by atoms with Crippen molar-refractivity contribution in [1.82, 2.24) is 14.9 Å². The first-order valence-corrected chi connectivity index (χ1v) is 8.93. The molecule has 5 heteroatoms. The number of halogens is 1. The Morgan fingerprint density at radius 1 is 1.05 bits per heavy atom. The first-order valence-electron chi connectivity index (χ1n) is 8.14. The van der Waals surface area contributed by atoms with Gasteiger partial charge in [-0.3, -0.25) is 0 Å². The van der Waals surface area contributed by atoms with Crippen LogP contribution in [0.4, 0.5) is 5.82 Å². The van der Waals surface area contributed by atoms with Crippen LogP contribution in [0.25, 0.3) is 0 Å². The number of anilines is 1. The molecule has 1 N–H and O–H groups in total. The molecule has 0 amide bonds. The Labute approximate surface area is 134 Å². The SMILES string of the molecule is CNc1nc(C2CC3CCC(C2)N3C)nc(C2CC2)c1Br. The Morgan fingerprint density at radius 2 is 1.71 bits per heavy atom. The molecule has 3 heterocycles. The molecule has 0 aromatic carbocycles. The minimum Gasteiger partial charge on any atom is -0.372 e. The van der Waals surface area contributed by atoms with Crippen LogP contribution >= 0.6 is 15.9 Å². The third kappa shape index (κ3) is 2.38. The van der Waals surface area contributed by atoms with Crippen LogP contribution in [0.3, 0.4) is 0 Å². The summed E-state index contributed by atoms with van der Waals surface area (Å²) in [5.74, 6) is 3.23. The maximum Gasteiger partial charge on any atom is 0.144 e. The molecular weight excluding hydrogens is 328 g/mol. The summed E-state index contributed by atoms with van der Waals surface area (Å²) in [6.07, 6.45) is 7.70. The van der Waals surface area contributed by atoms with Gasteiger partial charge in [0.1, 0.15) is 11.6 Å². The van der Waals surface area contributed by atoms with E-state index in [0.29, 0.717) is 11.8 Å². The summed E-state index contributed by atoms with van der Waals surface area (Å²) in [5, 5.41) is 3.24. The van der Waals surface area contributed by atoms with Crippen molar-refractivity contribution in [2.24, 2.45) is 0 Å². The lowest BCUT2D eigenvalue weighted by Gasteiger charge is -2.35. The lowest BCUT2D eigenvalue weighted by Crippen LogP contribution is -2.39. The molecule has 114 valence electrons. The van der Waals surface area contributed by atoms with Crippen molar-refractivity contribution in [1.29, 1.82) is 0 Å². The number of fused-ring (bicyclic) bond motifs is 2. The number of nitrogens with zero attached hydrogens (tertiary/aromatic N) is 3. The molecule has 1 aromatic heterocycles. The number of hydrogen-bond donors (Lipinski definition) is 1. The van der Waals surface area contributed by atoms with Crippen LogP contribution < -0.4 is 5.32 Å². The second kappa shape index (κ2) is 5.20. The quantitative estimate of drug-likeness (QED) is 0.905. The Bertz CT molecular complexity index is 543. The van der Waals surface area contributed by atoms with Crippen molar-refractivity contribution in [2.75, 3.05) is 19.4 Å². The van der Waals surface area contributed by atoms with Gasteiger partial charge < -0.3 is 10.2 Å². The van der Waals surface area contributed by atoms with Crippen LogP contribution in [-0.4, -0.2) is 41.0 Å². The van der Waals surface area contributed by atoms with Gasteiger partial charge in [0.2, 0.25) is 0 Å². The number of piperidine rings is 1. The molecule has 0 spiro atoms. The zero-order chi connectivity index (χ0) is 14.6. The summed E-state index contributed by atoms with van der Waals surface area (Å²) < 4.78 is 1.08. The fourth-order valence-corrected chi connectivity index (χ4v) is 4.78. The van der Waals surface area contributed by atoms with Crippen molar-refractivity contribution in [3.8, 4) is 0 Å². The van der Waals surface area contributed by atoms with E-state index in [1.165, 1.54) is 44.2 Å². The van der Waals surface area contributed by atoms with Gasteiger partial charge in [0.15, 0.2) is 0 Å². The Balaban J connectivity index is 1.67. The molecule has 3 aliphatic rings. The predicted octanol–water partition coefficient (Wildman–Crippen LogP) is 3.50. The van der Waals surface area contributed by atoms with Crippen molar-refractivity contribution in [3.05, 3.63) is 16.0 Å². The molecule has 3 fully saturated rings. The van der Waals surface area contributed by atoms with Gasteiger partial charge in [-0.1, -0.05) is 0 Å². The smallest absolute Gasteiger partial charge is 0.144 e. The summed E-state index contributed by atoms with van der Waals surface area (Å²) in [5.41, 5.74) is 1.23. The summed E-state index contributed by atoms with van der Waals surface area (Å²) in [7, 11) is 4.24.